The van der Waals surface area contributed by atoms with Gasteiger partial charge in [-0.15, -0.1) is 0 Å². The third-order valence-corrected chi connectivity index (χ3v) is 2.11. The summed E-state index contributed by atoms with van der Waals surface area (Å²) >= 11 is 0. The first-order valence-electron chi connectivity index (χ1n) is 4.61. The Morgan fingerprint density at radius 2 is 2.00 bits per heavy atom. The van der Waals surface area contributed by atoms with Crippen LogP contribution in [0.5, 0.6) is 0 Å². The maximum absolute atomic E-state index is 3.31. The van der Waals surface area contributed by atoms with Crippen LogP contribution in [0.2, 0.25) is 0 Å². The molecule has 0 aliphatic heterocycles. The third kappa shape index (κ3) is 2.00. The van der Waals surface area contributed by atoms with Crippen molar-refractivity contribution in [2.45, 2.75) is 27.2 Å². The molecule has 1 rings (SSSR count). The number of benzene rings is 1. The van der Waals surface area contributed by atoms with Crippen molar-refractivity contribution in [2.75, 3.05) is 11.9 Å². The fourth-order valence-electron chi connectivity index (χ4n) is 1.37. The fraction of sp³-hybridized carbons (Fsp3) is 0.455. The van der Waals surface area contributed by atoms with Crippen LogP contribution in [0.1, 0.15) is 25.0 Å². The predicted molar refractivity (Wildman–Crippen MR) is 54.7 cm³/mol. The summed E-state index contributed by atoms with van der Waals surface area (Å²) in [5.41, 5.74) is 4.06. The van der Waals surface area contributed by atoms with Gasteiger partial charge in [0.2, 0.25) is 0 Å². The molecule has 1 N–H and O–H groups in total. The lowest BCUT2D eigenvalue weighted by Gasteiger charge is -2.07. The van der Waals surface area contributed by atoms with Crippen LogP contribution in [0.25, 0.3) is 0 Å². The zero-order chi connectivity index (χ0) is 8.97. The lowest BCUT2D eigenvalue weighted by atomic mass is 10.1. The van der Waals surface area contributed by atoms with E-state index in [1.807, 2.05) is 0 Å². The fourth-order valence-corrected chi connectivity index (χ4v) is 1.37. The summed E-state index contributed by atoms with van der Waals surface area (Å²) < 4.78 is 0. The zero-order valence-electron chi connectivity index (χ0n) is 8.15. The Hall–Kier alpha value is -0.980. The van der Waals surface area contributed by atoms with Crippen molar-refractivity contribution in [3.63, 3.8) is 0 Å². The maximum atomic E-state index is 3.31. The average molecular weight is 163 g/mol. The van der Waals surface area contributed by atoms with E-state index in [9.17, 15) is 0 Å². The molecule has 1 aromatic rings. The van der Waals surface area contributed by atoms with E-state index < -0.39 is 0 Å². The molecule has 0 atom stereocenters. The molecule has 0 heterocycles. The maximum Gasteiger partial charge on any atom is 0.0343 e. The van der Waals surface area contributed by atoms with Gasteiger partial charge in [-0.25, -0.2) is 0 Å². The highest BCUT2D eigenvalue weighted by Gasteiger charge is 1.96. The molecule has 1 nitrogen and oxygen atoms in total. The Labute approximate surface area is 74.8 Å². The van der Waals surface area contributed by atoms with Crippen molar-refractivity contribution in [3.05, 3.63) is 29.3 Å². The summed E-state index contributed by atoms with van der Waals surface area (Å²) in [6.07, 6.45) is 1.12. The Morgan fingerprint density at radius 3 is 2.58 bits per heavy atom. The molecule has 0 saturated heterocycles. The van der Waals surface area contributed by atoms with Crippen molar-refractivity contribution in [1.82, 2.24) is 0 Å². The minimum atomic E-state index is 0.992. The van der Waals surface area contributed by atoms with Gasteiger partial charge in [0.15, 0.2) is 0 Å². The van der Waals surface area contributed by atoms with E-state index in [0.717, 1.165) is 13.0 Å². The Balaban J connectivity index is 2.89. The van der Waals surface area contributed by atoms with Crippen LogP contribution in [-0.4, -0.2) is 6.54 Å². The number of hydrogen-bond donors (Lipinski definition) is 1. The molecule has 0 aromatic heterocycles. The molecular formula is C11H17N. The summed E-state index contributed by atoms with van der Waals surface area (Å²) in [7, 11) is 0. The molecule has 12 heavy (non-hydrogen) atoms. The molecular weight excluding hydrogens is 146 g/mol. The molecule has 0 bridgehead atoms. The summed E-state index contributed by atoms with van der Waals surface area (Å²) in [5.74, 6) is 0. The number of nitrogens with one attached hydrogen (secondary N) is 1. The van der Waals surface area contributed by atoms with Crippen LogP contribution in [-0.2, 0) is 6.42 Å². The van der Waals surface area contributed by atoms with Crippen LogP contribution in [0.4, 0.5) is 5.69 Å². The highest BCUT2D eigenvalue weighted by Crippen LogP contribution is 2.15. The van der Waals surface area contributed by atoms with Crippen LogP contribution in [0.3, 0.4) is 0 Å². The van der Waals surface area contributed by atoms with Gasteiger partial charge in [0, 0.05) is 12.2 Å². The topological polar surface area (TPSA) is 12.0 Å². The molecule has 0 unspecified atom stereocenters. The molecule has 0 aliphatic carbocycles. The number of rotatable bonds is 3. The second kappa shape index (κ2) is 4.15. The highest BCUT2D eigenvalue weighted by atomic mass is 14.8. The highest BCUT2D eigenvalue weighted by molar-refractivity contribution is 5.48. The van der Waals surface area contributed by atoms with Crippen molar-refractivity contribution in [3.8, 4) is 0 Å². The van der Waals surface area contributed by atoms with Crippen LogP contribution in [0.15, 0.2) is 18.2 Å². The van der Waals surface area contributed by atoms with Gasteiger partial charge in [-0.1, -0.05) is 13.0 Å². The van der Waals surface area contributed by atoms with Crippen LogP contribution < -0.4 is 5.32 Å². The standard InChI is InChI=1S/C11H17N/c1-4-10-8-11(12-5-2)7-6-9(10)3/h6-8,12H,4-5H2,1-3H3. The summed E-state index contributed by atoms with van der Waals surface area (Å²) in [6.45, 7) is 7.46. The number of aryl methyl sites for hydroxylation is 2. The van der Waals surface area contributed by atoms with E-state index in [4.69, 9.17) is 0 Å². The average Bonchev–Trinajstić information content (AvgIpc) is 2.09. The van der Waals surface area contributed by atoms with E-state index >= 15 is 0 Å². The van der Waals surface area contributed by atoms with E-state index in [1.54, 1.807) is 0 Å². The largest absolute Gasteiger partial charge is 0.385 e. The number of anilines is 1. The van der Waals surface area contributed by atoms with Crippen molar-refractivity contribution >= 4 is 5.69 Å². The van der Waals surface area contributed by atoms with Gasteiger partial charge in [0.25, 0.3) is 0 Å². The first-order chi connectivity index (χ1) is 5.77. The van der Waals surface area contributed by atoms with Gasteiger partial charge in [0.05, 0.1) is 0 Å². The Morgan fingerprint density at radius 1 is 1.25 bits per heavy atom. The quantitative estimate of drug-likeness (QED) is 0.722. The van der Waals surface area contributed by atoms with Crippen molar-refractivity contribution < 1.29 is 0 Å². The Kier molecular flexibility index (Phi) is 3.15. The lowest BCUT2D eigenvalue weighted by molar-refractivity contribution is 1.10. The monoisotopic (exact) mass is 163 g/mol. The van der Waals surface area contributed by atoms with Gasteiger partial charge < -0.3 is 5.32 Å². The van der Waals surface area contributed by atoms with Gasteiger partial charge in [-0.2, -0.15) is 0 Å². The van der Waals surface area contributed by atoms with Crippen LogP contribution >= 0.6 is 0 Å². The molecule has 0 spiro atoms. The van der Waals surface area contributed by atoms with E-state index in [2.05, 4.69) is 44.3 Å². The first kappa shape index (κ1) is 9.11. The molecule has 1 aromatic carbocycles. The molecule has 1 heteroatoms. The summed E-state index contributed by atoms with van der Waals surface area (Å²) in [5, 5.41) is 3.31. The Bertz CT molecular complexity index is 253. The summed E-state index contributed by atoms with van der Waals surface area (Å²) in [6, 6.07) is 6.55. The minimum Gasteiger partial charge on any atom is -0.385 e. The molecule has 0 aliphatic rings. The summed E-state index contributed by atoms with van der Waals surface area (Å²) in [4.78, 5) is 0. The molecule has 66 valence electrons. The van der Waals surface area contributed by atoms with Crippen molar-refractivity contribution in [1.29, 1.82) is 0 Å². The van der Waals surface area contributed by atoms with Gasteiger partial charge in [0.1, 0.15) is 0 Å². The van der Waals surface area contributed by atoms with Gasteiger partial charge >= 0.3 is 0 Å². The normalized spacial score (nSPS) is 9.92. The predicted octanol–water partition coefficient (Wildman–Crippen LogP) is 2.99. The van der Waals surface area contributed by atoms with E-state index in [1.165, 1.54) is 16.8 Å². The SMILES string of the molecule is CCNc1ccc(C)c(CC)c1. The van der Waals surface area contributed by atoms with Crippen molar-refractivity contribution in [2.24, 2.45) is 0 Å². The first-order valence-corrected chi connectivity index (χ1v) is 4.61. The van der Waals surface area contributed by atoms with E-state index in [-0.39, 0.29) is 0 Å². The molecule has 0 saturated carbocycles. The van der Waals surface area contributed by atoms with Gasteiger partial charge in [-0.3, -0.25) is 0 Å². The van der Waals surface area contributed by atoms with Gasteiger partial charge in [-0.05, 0) is 43.5 Å². The smallest absolute Gasteiger partial charge is 0.0343 e. The molecule has 0 fully saturated rings. The molecule has 0 radical (unpaired) electrons. The minimum absolute atomic E-state index is 0.992. The van der Waals surface area contributed by atoms with Crippen LogP contribution in [0, 0.1) is 6.92 Å². The molecule has 0 amide bonds. The zero-order valence-corrected chi connectivity index (χ0v) is 8.15. The number of hydrogen-bond acceptors (Lipinski definition) is 1. The third-order valence-electron chi connectivity index (χ3n) is 2.11. The second-order valence-corrected chi connectivity index (χ2v) is 3.03. The second-order valence-electron chi connectivity index (χ2n) is 3.03. The lowest BCUT2D eigenvalue weighted by Crippen LogP contribution is -1.97. The van der Waals surface area contributed by atoms with E-state index in [0.29, 0.717) is 0 Å².